The molecule has 3 N–H and O–H groups in total. The largest absolute Gasteiger partial charge is 0.394 e. The molecule has 0 aliphatic carbocycles. The molecule has 1 amide bonds. The molecule has 58 heavy (non-hydrogen) atoms. The summed E-state index contributed by atoms with van der Waals surface area (Å²) in [6.07, 6.45) is 70.3. The Morgan fingerprint density at radius 3 is 1.12 bits per heavy atom. The first-order chi connectivity index (χ1) is 28.7. The lowest BCUT2D eigenvalue weighted by Crippen LogP contribution is -2.45. The van der Waals surface area contributed by atoms with Crippen molar-refractivity contribution in [1.82, 2.24) is 5.32 Å². The maximum Gasteiger partial charge on any atom is 0.220 e. The monoisotopic (exact) mass is 808 g/mol. The maximum absolute atomic E-state index is 12.4. The molecule has 2 unspecified atom stereocenters. The van der Waals surface area contributed by atoms with Crippen molar-refractivity contribution in [2.45, 2.75) is 257 Å². The van der Waals surface area contributed by atoms with Crippen molar-refractivity contribution in [2.24, 2.45) is 0 Å². The fraction of sp³-hybridized carbons (Fsp3) is 0.759. The Labute approximate surface area is 361 Å². The van der Waals surface area contributed by atoms with Gasteiger partial charge in [0.05, 0.1) is 18.8 Å². The van der Waals surface area contributed by atoms with Gasteiger partial charge < -0.3 is 15.5 Å². The molecule has 2 atom stereocenters. The molecule has 0 saturated carbocycles. The maximum atomic E-state index is 12.4. The highest BCUT2D eigenvalue weighted by Crippen LogP contribution is 2.15. The van der Waals surface area contributed by atoms with Crippen molar-refractivity contribution in [3.8, 4) is 0 Å². The second-order valence-electron chi connectivity index (χ2n) is 16.9. The normalized spacial score (nSPS) is 13.5. The molecule has 0 aromatic carbocycles. The number of carbonyl (C=O) groups excluding carboxylic acids is 1. The summed E-state index contributed by atoms with van der Waals surface area (Å²) in [7, 11) is 0. The third-order valence-corrected chi connectivity index (χ3v) is 11.1. The molecule has 0 bridgehead atoms. The van der Waals surface area contributed by atoms with Crippen LogP contribution in [0.4, 0.5) is 0 Å². The minimum absolute atomic E-state index is 0.0914. The van der Waals surface area contributed by atoms with E-state index in [1.165, 1.54) is 161 Å². The van der Waals surface area contributed by atoms with Gasteiger partial charge in [0, 0.05) is 6.42 Å². The predicted octanol–water partition coefficient (Wildman–Crippen LogP) is 16.2. The van der Waals surface area contributed by atoms with Crippen molar-refractivity contribution in [1.29, 1.82) is 0 Å². The topological polar surface area (TPSA) is 69.6 Å². The van der Waals surface area contributed by atoms with E-state index in [0.717, 1.165) is 64.2 Å². The molecule has 0 radical (unpaired) electrons. The Morgan fingerprint density at radius 2 is 0.724 bits per heavy atom. The predicted molar refractivity (Wildman–Crippen MR) is 257 cm³/mol. The van der Waals surface area contributed by atoms with Crippen LogP contribution in [0.1, 0.15) is 245 Å². The Morgan fingerprint density at radius 1 is 0.414 bits per heavy atom. The van der Waals surface area contributed by atoms with Gasteiger partial charge in [0.1, 0.15) is 0 Å². The summed E-state index contributed by atoms with van der Waals surface area (Å²) >= 11 is 0. The van der Waals surface area contributed by atoms with E-state index in [2.05, 4.69) is 79.9 Å². The fourth-order valence-corrected chi connectivity index (χ4v) is 7.28. The number of allylic oxidation sites excluding steroid dienone is 11. The summed E-state index contributed by atoms with van der Waals surface area (Å²) in [5, 5.41) is 23.1. The quantitative estimate of drug-likeness (QED) is 0.0424. The Hall–Kier alpha value is -2.17. The van der Waals surface area contributed by atoms with E-state index in [1.54, 1.807) is 6.08 Å². The SMILES string of the molecule is CCCCCCC/C=C\C/C=C\C/C=C\CCCCCCCCC(=O)NC(CO)C(O)/C=C/CC/C=C/CC/C=C/CCCCCCCCCCCCCCCCC. The number of amides is 1. The van der Waals surface area contributed by atoms with Crippen molar-refractivity contribution in [3.63, 3.8) is 0 Å². The third-order valence-electron chi connectivity index (χ3n) is 11.1. The van der Waals surface area contributed by atoms with E-state index in [0.29, 0.717) is 6.42 Å². The molecule has 0 spiro atoms. The fourth-order valence-electron chi connectivity index (χ4n) is 7.28. The molecular weight excluding hydrogens is 711 g/mol. The van der Waals surface area contributed by atoms with Crippen LogP contribution in [0.5, 0.6) is 0 Å². The lowest BCUT2D eigenvalue weighted by Gasteiger charge is -2.19. The first kappa shape index (κ1) is 55.8. The van der Waals surface area contributed by atoms with Gasteiger partial charge in [0.2, 0.25) is 5.91 Å². The summed E-state index contributed by atoms with van der Waals surface area (Å²) in [5.74, 6) is -0.0914. The number of nitrogens with one attached hydrogen (secondary N) is 1. The van der Waals surface area contributed by atoms with Crippen molar-refractivity contribution in [3.05, 3.63) is 72.9 Å². The number of aliphatic hydroxyl groups excluding tert-OH is 2. The first-order valence-corrected chi connectivity index (χ1v) is 25.2. The van der Waals surface area contributed by atoms with Gasteiger partial charge >= 0.3 is 0 Å². The highest BCUT2D eigenvalue weighted by atomic mass is 16.3. The second-order valence-corrected chi connectivity index (χ2v) is 16.9. The van der Waals surface area contributed by atoms with Crippen LogP contribution in [0.2, 0.25) is 0 Å². The third kappa shape index (κ3) is 44.9. The highest BCUT2D eigenvalue weighted by molar-refractivity contribution is 5.76. The van der Waals surface area contributed by atoms with Crippen LogP contribution in [0.3, 0.4) is 0 Å². The van der Waals surface area contributed by atoms with Gasteiger partial charge in [-0.1, -0.05) is 228 Å². The lowest BCUT2D eigenvalue weighted by atomic mass is 10.0. The van der Waals surface area contributed by atoms with Crippen molar-refractivity contribution >= 4 is 5.91 Å². The van der Waals surface area contributed by atoms with Crippen LogP contribution in [-0.4, -0.2) is 34.9 Å². The lowest BCUT2D eigenvalue weighted by molar-refractivity contribution is -0.123. The number of carbonyl (C=O) groups is 1. The molecule has 0 heterocycles. The Kier molecular flexibility index (Phi) is 47.4. The summed E-state index contributed by atoms with van der Waals surface area (Å²) in [6.45, 7) is 4.28. The molecule has 0 aliphatic heterocycles. The van der Waals surface area contributed by atoms with Crippen LogP contribution < -0.4 is 5.32 Å². The standard InChI is InChI=1S/C54H97NO3/c1-3-5-7-9-11-13-15-17-19-21-23-25-26-27-28-30-31-33-35-37-39-41-43-45-47-49-53(57)52(51-56)55-54(58)50-48-46-44-42-40-38-36-34-32-29-24-22-20-18-16-14-12-10-8-6-4-2/h16,18,22,24,31-34,39,41,47,49,52-53,56-57H,3-15,17,19-21,23,25-30,35-38,40,42-46,48,50-51H2,1-2H3,(H,55,58)/b18-16-,24-22-,33-31+,34-32-,41-39+,49-47+. The average molecular weight is 808 g/mol. The van der Waals surface area contributed by atoms with Gasteiger partial charge in [-0.05, 0) is 83.5 Å². The van der Waals surface area contributed by atoms with Crippen molar-refractivity contribution < 1.29 is 15.0 Å². The highest BCUT2D eigenvalue weighted by Gasteiger charge is 2.17. The zero-order valence-electron chi connectivity index (χ0n) is 38.5. The summed E-state index contributed by atoms with van der Waals surface area (Å²) < 4.78 is 0. The number of rotatable bonds is 45. The summed E-state index contributed by atoms with van der Waals surface area (Å²) in [4.78, 5) is 12.4. The van der Waals surface area contributed by atoms with Gasteiger partial charge in [-0.3, -0.25) is 4.79 Å². The molecule has 4 nitrogen and oxygen atoms in total. The van der Waals surface area contributed by atoms with Gasteiger partial charge in [0.15, 0.2) is 0 Å². The molecule has 336 valence electrons. The zero-order chi connectivity index (χ0) is 42.1. The van der Waals surface area contributed by atoms with E-state index in [4.69, 9.17) is 0 Å². The Bertz CT molecular complexity index is 1010. The van der Waals surface area contributed by atoms with Gasteiger partial charge in [-0.25, -0.2) is 0 Å². The van der Waals surface area contributed by atoms with E-state index in [1.807, 2.05) is 6.08 Å². The van der Waals surface area contributed by atoms with Crippen LogP contribution in [-0.2, 0) is 4.79 Å². The number of hydrogen-bond donors (Lipinski definition) is 3. The first-order valence-electron chi connectivity index (χ1n) is 25.2. The molecule has 0 aliphatic rings. The van der Waals surface area contributed by atoms with E-state index in [9.17, 15) is 15.0 Å². The van der Waals surface area contributed by atoms with Crippen molar-refractivity contribution in [2.75, 3.05) is 6.61 Å². The number of unbranched alkanes of at least 4 members (excludes halogenated alkanes) is 28. The molecular formula is C54H97NO3. The molecule has 0 saturated heterocycles. The molecule has 0 rings (SSSR count). The molecule has 0 fully saturated rings. The summed E-state index contributed by atoms with van der Waals surface area (Å²) in [6, 6.07) is -0.657. The second kappa shape index (κ2) is 49.2. The van der Waals surface area contributed by atoms with Crippen LogP contribution in [0, 0.1) is 0 Å². The van der Waals surface area contributed by atoms with E-state index < -0.39 is 12.1 Å². The zero-order valence-corrected chi connectivity index (χ0v) is 38.5. The van der Waals surface area contributed by atoms with Crippen LogP contribution >= 0.6 is 0 Å². The molecule has 4 heteroatoms. The smallest absolute Gasteiger partial charge is 0.220 e. The van der Waals surface area contributed by atoms with E-state index >= 15 is 0 Å². The molecule has 0 aromatic heterocycles. The van der Waals surface area contributed by atoms with Gasteiger partial charge in [-0.2, -0.15) is 0 Å². The van der Waals surface area contributed by atoms with Gasteiger partial charge in [-0.15, -0.1) is 0 Å². The number of hydrogen-bond acceptors (Lipinski definition) is 3. The van der Waals surface area contributed by atoms with Crippen LogP contribution in [0.15, 0.2) is 72.9 Å². The average Bonchev–Trinajstić information content (AvgIpc) is 3.23. The summed E-state index contributed by atoms with van der Waals surface area (Å²) in [5.41, 5.74) is 0. The molecule has 0 aromatic rings. The van der Waals surface area contributed by atoms with E-state index in [-0.39, 0.29) is 12.5 Å². The Balaban J connectivity index is 3.65. The number of aliphatic hydroxyl groups is 2. The minimum Gasteiger partial charge on any atom is -0.394 e. The minimum atomic E-state index is -0.880. The van der Waals surface area contributed by atoms with Gasteiger partial charge in [0.25, 0.3) is 0 Å². The van der Waals surface area contributed by atoms with Crippen LogP contribution in [0.25, 0.3) is 0 Å².